The van der Waals surface area contributed by atoms with Gasteiger partial charge >= 0.3 is 10.5 Å². The van der Waals surface area contributed by atoms with Crippen LogP contribution in [0.3, 0.4) is 0 Å². The second-order valence-corrected chi connectivity index (χ2v) is 5.22. The van der Waals surface area contributed by atoms with E-state index >= 15 is 0 Å². The fourth-order valence-electron chi connectivity index (χ4n) is 1.23. The molecule has 1 amide bonds. The van der Waals surface area contributed by atoms with E-state index in [1.165, 1.54) is 6.08 Å². The molecule has 0 N–H and O–H groups in total. The third kappa shape index (κ3) is 8.67. The summed E-state index contributed by atoms with van der Waals surface area (Å²) in [4.78, 5) is 10.8. The minimum absolute atomic E-state index is 0.790. The average molecular weight is 366 g/mol. The minimum Gasteiger partial charge on any atom is -0.266 e. The second kappa shape index (κ2) is 9.79. The lowest BCUT2D eigenvalue weighted by Crippen LogP contribution is -1.84. The zero-order chi connectivity index (χ0) is 15.5. The molecular formula is C15H12BrNO3S. The van der Waals surface area contributed by atoms with Crippen molar-refractivity contribution >= 4 is 38.4 Å². The van der Waals surface area contributed by atoms with E-state index in [1.807, 2.05) is 48.5 Å². The molecule has 0 fully saturated rings. The Morgan fingerprint density at radius 2 is 1.43 bits per heavy atom. The maximum atomic E-state index is 10.8. The number of benzene rings is 2. The molecule has 108 valence electrons. The van der Waals surface area contributed by atoms with Gasteiger partial charge in [0.2, 0.25) is 0 Å². The summed E-state index contributed by atoms with van der Waals surface area (Å²) in [5, 5.41) is 0. The third-order valence-corrected chi connectivity index (χ3v) is 2.98. The van der Waals surface area contributed by atoms with Crippen molar-refractivity contribution in [1.29, 1.82) is 0 Å². The Morgan fingerprint density at radius 3 is 1.86 bits per heavy atom. The smallest absolute Gasteiger partial charge is 0.266 e. The molecule has 2 rings (SSSR count). The maximum Gasteiger partial charge on any atom is 0.319 e. The lowest BCUT2D eigenvalue weighted by atomic mass is 10.2. The van der Waals surface area contributed by atoms with Crippen molar-refractivity contribution < 1.29 is 13.2 Å². The summed E-state index contributed by atoms with van der Waals surface area (Å²) >= 11 is 3.27. The Morgan fingerprint density at radius 1 is 0.952 bits per heavy atom. The topological polar surface area (TPSA) is 63.6 Å². The zero-order valence-electron chi connectivity index (χ0n) is 10.9. The van der Waals surface area contributed by atoms with Gasteiger partial charge in [-0.3, -0.25) is 4.79 Å². The average Bonchev–Trinajstić information content (AvgIpc) is 2.48. The molecule has 0 atom stereocenters. The predicted molar refractivity (Wildman–Crippen MR) is 86.0 cm³/mol. The molecule has 6 heteroatoms. The highest BCUT2D eigenvalue weighted by molar-refractivity contribution is 9.10. The molecule has 0 radical (unpaired) electrons. The lowest BCUT2D eigenvalue weighted by Gasteiger charge is -1.91. The van der Waals surface area contributed by atoms with Gasteiger partial charge < -0.3 is 0 Å². The highest BCUT2D eigenvalue weighted by atomic mass is 79.9. The first-order valence-corrected chi connectivity index (χ1v) is 7.69. The molecule has 0 saturated carbocycles. The lowest BCUT2D eigenvalue weighted by molar-refractivity contribution is -0.113. The van der Waals surface area contributed by atoms with Crippen LogP contribution in [0.25, 0.3) is 6.08 Å². The summed E-state index contributed by atoms with van der Waals surface area (Å²) in [6.07, 6.45) is 2.59. The Bertz CT molecular complexity index is 689. The third-order valence-electron chi connectivity index (χ3n) is 2.12. The summed E-state index contributed by atoms with van der Waals surface area (Å²) in [7, 11) is -2.69. The van der Waals surface area contributed by atoms with Crippen molar-refractivity contribution in [2.45, 2.75) is 0 Å². The molecule has 0 heterocycles. The van der Waals surface area contributed by atoms with Crippen LogP contribution in [0.2, 0.25) is 0 Å². The summed E-state index contributed by atoms with van der Waals surface area (Å²) in [6.45, 7) is 0. The van der Waals surface area contributed by atoms with Crippen LogP contribution < -0.4 is 0 Å². The van der Waals surface area contributed by atoms with Gasteiger partial charge in [-0.1, -0.05) is 68.8 Å². The Balaban J connectivity index is 0.000000304. The van der Waals surface area contributed by atoms with Crippen LogP contribution in [0.4, 0.5) is 0 Å². The van der Waals surface area contributed by atoms with E-state index in [9.17, 15) is 13.2 Å². The Labute approximate surface area is 133 Å². The van der Waals surface area contributed by atoms with E-state index in [0.29, 0.717) is 0 Å². The van der Waals surface area contributed by atoms with E-state index in [4.69, 9.17) is 0 Å². The summed E-state index contributed by atoms with van der Waals surface area (Å²) in [6, 6.07) is 19.2. The maximum absolute atomic E-state index is 10.8. The van der Waals surface area contributed by atoms with Gasteiger partial charge in [0.1, 0.15) is 0 Å². The van der Waals surface area contributed by atoms with Crippen molar-refractivity contribution in [2.24, 2.45) is 4.36 Å². The molecular weight excluding hydrogens is 354 g/mol. The van der Waals surface area contributed by atoms with Crippen molar-refractivity contribution in [3.05, 3.63) is 76.8 Å². The van der Waals surface area contributed by atoms with Gasteiger partial charge in [-0.05, 0) is 23.8 Å². The van der Waals surface area contributed by atoms with E-state index in [1.54, 1.807) is 12.1 Å². The highest BCUT2D eigenvalue weighted by Crippen LogP contribution is 2.11. The standard InChI is InChI=1S/C9H6BrNO3S.C6H6/c10-8-4-1-7(2-5-8)3-6-9(12)11-15(13)14;1-2-4-6-5-3-1/h1-6H;1-6H. The molecule has 0 spiro atoms. The number of rotatable bonds is 2. The number of hydrogen-bond acceptors (Lipinski definition) is 3. The van der Waals surface area contributed by atoms with E-state index in [2.05, 4.69) is 20.3 Å². The van der Waals surface area contributed by atoms with Crippen molar-refractivity contribution in [1.82, 2.24) is 0 Å². The normalized spacial score (nSPS) is 9.57. The molecule has 0 aliphatic carbocycles. The minimum atomic E-state index is -2.69. The van der Waals surface area contributed by atoms with Crippen LogP contribution >= 0.6 is 15.9 Å². The molecule has 0 aliphatic rings. The van der Waals surface area contributed by atoms with Crippen LogP contribution in [0.5, 0.6) is 0 Å². The molecule has 0 bridgehead atoms. The van der Waals surface area contributed by atoms with Crippen molar-refractivity contribution in [3.8, 4) is 0 Å². The monoisotopic (exact) mass is 365 g/mol. The fourth-order valence-corrected chi connectivity index (χ4v) is 1.70. The van der Waals surface area contributed by atoms with Crippen LogP contribution in [-0.2, 0) is 15.3 Å². The Kier molecular flexibility index (Phi) is 7.93. The Hall–Kier alpha value is -2.05. The van der Waals surface area contributed by atoms with Crippen molar-refractivity contribution in [2.75, 3.05) is 0 Å². The summed E-state index contributed by atoms with van der Waals surface area (Å²) in [5.74, 6) is -0.800. The number of carbonyl (C=O) groups is 1. The molecule has 2 aromatic rings. The first kappa shape index (κ1) is 17.0. The first-order valence-electron chi connectivity index (χ1n) is 5.86. The second-order valence-electron chi connectivity index (χ2n) is 3.69. The van der Waals surface area contributed by atoms with Gasteiger partial charge in [0.15, 0.2) is 0 Å². The number of hydrogen-bond donors (Lipinski definition) is 0. The molecule has 0 aliphatic heterocycles. The molecule has 0 saturated heterocycles. The number of amides is 1. The van der Waals surface area contributed by atoms with Crippen LogP contribution in [0, 0.1) is 0 Å². The number of nitrogens with zero attached hydrogens (tertiary/aromatic N) is 1. The van der Waals surface area contributed by atoms with E-state index in [-0.39, 0.29) is 0 Å². The summed E-state index contributed by atoms with van der Waals surface area (Å²) in [5.41, 5.74) is 0.790. The molecule has 2 aromatic carbocycles. The highest BCUT2D eigenvalue weighted by Gasteiger charge is 1.92. The quantitative estimate of drug-likeness (QED) is 0.761. The summed E-state index contributed by atoms with van der Waals surface area (Å²) < 4.78 is 23.8. The zero-order valence-corrected chi connectivity index (χ0v) is 13.3. The number of carbonyl (C=O) groups excluding carboxylic acids is 1. The van der Waals surface area contributed by atoms with Crippen LogP contribution in [-0.4, -0.2) is 14.3 Å². The van der Waals surface area contributed by atoms with E-state index in [0.717, 1.165) is 16.1 Å². The predicted octanol–water partition coefficient (Wildman–Crippen LogP) is 3.74. The number of halogens is 1. The van der Waals surface area contributed by atoms with Crippen molar-refractivity contribution in [3.63, 3.8) is 0 Å². The largest absolute Gasteiger partial charge is 0.319 e. The fraction of sp³-hybridized carbons (Fsp3) is 0. The first-order chi connectivity index (χ1) is 10.1. The van der Waals surface area contributed by atoms with Gasteiger partial charge in [0.05, 0.1) is 0 Å². The van der Waals surface area contributed by atoms with Crippen LogP contribution in [0.1, 0.15) is 5.56 Å². The molecule has 0 unspecified atom stereocenters. The van der Waals surface area contributed by atoms with Crippen LogP contribution in [0.15, 0.2) is 75.6 Å². The van der Waals surface area contributed by atoms with Gasteiger partial charge in [-0.2, -0.15) is 8.42 Å². The van der Waals surface area contributed by atoms with Gasteiger partial charge in [-0.15, -0.1) is 0 Å². The van der Waals surface area contributed by atoms with Gasteiger partial charge in [0, 0.05) is 10.5 Å². The SMILES string of the molecule is O=C(C=Cc1ccc(Br)cc1)N=S(=O)=O.c1ccccc1. The molecule has 4 nitrogen and oxygen atoms in total. The van der Waals surface area contributed by atoms with Gasteiger partial charge in [-0.25, -0.2) is 0 Å². The molecule has 21 heavy (non-hydrogen) atoms. The van der Waals surface area contributed by atoms with Gasteiger partial charge in [0.25, 0.3) is 5.91 Å². The molecule has 0 aromatic heterocycles. The van der Waals surface area contributed by atoms with E-state index < -0.39 is 16.4 Å².